The summed E-state index contributed by atoms with van der Waals surface area (Å²) in [5.74, 6) is 0. The van der Waals surface area contributed by atoms with Crippen molar-refractivity contribution in [2.45, 2.75) is 19.3 Å². The molecule has 1 fully saturated rings. The number of ether oxygens (including phenoxy) is 1. The number of nitrogens with one attached hydrogen (secondary N) is 1. The van der Waals surface area contributed by atoms with Crippen LogP contribution in [0, 0.1) is 0 Å². The second-order valence-electron chi connectivity index (χ2n) is 4.95. The minimum atomic E-state index is 0.880. The van der Waals surface area contributed by atoms with Gasteiger partial charge < -0.3 is 19.9 Å². The maximum absolute atomic E-state index is 5.06. The molecule has 0 atom stereocenters. The molecule has 0 bridgehead atoms. The predicted molar refractivity (Wildman–Crippen MR) is 72.5 cm³/mol. The quantitative estimate of drug-likeness (QED) is 0.602. The summed E-state index contributed by atoms with van der Waals surface area (Å²) < 4.78 is 5.06. The number of unbranched alkanes of at least 4 members (excludes halogenated alkanes) is 1. The van der Waals surface area contributed by atoms with Crippen molar-refractivity contribution in [3.05, 3.63) is 0 Å². The molecule has 17 heavy (non-hydrogen) atoms. The van der Waals surface area contributed by atoms with E-state index in [-0.39, 0.29) is 0 Å². The van der Waals surface area contributed by atoms with Gasteiger partial charge in [0.25, 0.3) is 0 Å². The van der Waals surface area contributed by atoms with E-state index in [0.717, 1.165) is 32.7 Å². The van der Waals surface area contributed by atoms with Crippen LogP contribution in [0.1, 0.15) is 19.3 Å². The number of hydrogen-bond acceptors (Lipinski definition) is 4. The van der Waals surface area contributed by atoms with Gasteiger partial charge >= 0.3 is 0 Å². The second kappa shape index (κ2) is 9.83. The van der Waals surface area contributed by atoms with E-state index >= 15 is 0 Å². The molecule has 1 N–H and O–H groups in total. The lowest BCUT2D eigenvalue weighted by molar-refractivity contribution is 0.177. The van der Waals surface area contributed by atoms with Crippen LogP contribution in [-0.4, -0.2) is 76.4 Å². The molecule has 0 radical (unpaired) electrons. The first-order valence-corrected chi connectivity index (χ1v) is 6.93. The van der Waals surface area contributed by atoms with E-state index in [4.69, 9.17) is 4.74 Å². The minimum Gasteiger partial charge on any atom is -0.385 e. The number of hydrogen-bond donors (Lipinski definition) is 1. The lowest BCUT2D eigenvalue weighted by Gasteiger charge is -2.27. The Bertz CT molecular complexity index is 172. The van der Waals surface area contributed by atoms with E-state index in [0.29, 0.717) is 0 Å². The fourth-order valence-corrected chi connectivity index (χ4v) is 2.24. The van der Waals surface area contributed by atoms with Gasteiger partial charge in [0.15, 0.2) is 0 Å². The van der Waals surface area contributed by atoms with Gasteiger partial charge in [-0.3, -0.25) is 0 Å². The lowest BCUT2D eigenvalue weighted by Crippen LogP contribution is -2.43. The summed E-state index contributed by atoms with van der Waals surface area (Å²) in [6, 6.07) is 0. The van der Waals surface area contributed by atoms with Gasteiger partial charge in [0.1, 0.15) is 0 Å². The summed E-state index contributed by atoms with van der Waals surface area (Å²) in [6.45, 7) is 9.30. The van der Waals surface area contributed by atoms with Crippen molar-refractivity contribution >= 4 is 0 Å². The van der Waals surface area contributed by atoms with E-state index in [1.54, 1.807) is 7.11 Å². The highest BCUT2D eigenvalue weighted by Gasteiger charge is 2.08. The summed E-state index contributed by atoms with van der Waals surface area (Å²) in [5.41, 5.74) is 0. The van der Waals surface area contributed by atoms with Gasteiger partial charge in [-0.15, -0.1) is 0 Å². The summed E-state index contributed by atoms with van der Waals surface area (Å²) >= 11 is 0. The highest BCUT2D eigenvalue weighted by atomic mass is 16.5. The third-order valence-electron chi connectivity index (χ3n) is 3.36. The van der Waals surface area contributed by atoms with Crippen LogP contribution < -0.4 is 5.32 Å². The van der Waals surface area contributed by atoms with E-state index in [1.165, 1.54) is 39.0 Å². The molecule has 0 aromatic carbocycles. The van der Waals surface area contributed by atoms with Crippen LogP contribution in [-0.2, 0) is 4.74 Å². The average Bonchev–Trinajstić information content (AvgIpc) is 2.36. The molecule has 0 unspecified atom stereocenters. The number of piperazine rings is 1. The van der Waals surface area contributed by atoms with E-state index in [1.807, 2.05) is 0 Å². The van der Waals surface area contributed by atoms with E-state index in [9.17, 15) is 0 Å². The molecule has 0 aromatic heterocycles. The molecule has 1 aliphatic heterocycles. The highest BCUT2D eigenvalue weighted by Crippen LogP contribution is 1.99. The fourth-order valence-electron chi connectivity index (χ4n) is 2.24. The third-order valence-corrected chi connectivity index (χ3v) is 3.36. The van der Waals surface area contributed by atoms with Crippen LogP contribution >= 0.6 is 0 Å². The van der Waals surface area contributed by atoms with Crippen molar-refractivity contribution in [3.63, 3.8) is 0 Å². The standard InChI is InChI=1S/C13H29N3O/c1-15(9-5-13-17-2)8-3-4-10-16-11-6-14-7-12-16/h14H,3-13H2,1-2H3. The van der Waals surface area contributed by atoms with Crippen LogP contribution in [0.25, 0.3) is 0 Å². The molecule has 4 nitrogen and oxygen atoms in total. The molecular weight excluding hydrogens is 214 g/mol. The molecule has 0 aromatic rings. The topological polar surface area (TPSA) is 27.7 Å². The molecule has 1 saturated heterocycles. The van der Waals surface area contributed by atoms with Crippen molar-refractivity contribution in [3.8, 4) is 0 Å². The number of rotatable bonds is 9. The molecular formula is C13H29N3O. The Labute approximate surface area is 106 Å². The van der Waals surface area contributed by atoms with Crippen LogP contribution in [0.15, 0.2) is 0 Å². The van der Waals surface area contributed by atoms with Gasteiger partial charge in [-0.05, 0) is 39.4 Å². The van der Waals surface area contributed by atoms with Gasteiger partial charge in [-0.25, -0.2) is 0 Å². The van der Waals surface area contributed by atoms with Gasteiger partial charge in [0.05, 0.1) is 0 Å². The van der Waals surface area contributed by atoms with Crippen LogP contribution in [0.5, 0.6) is 0 Å². The van der Waals surface area contributed by atoms with Crippen molar-refractivity contribution in [1.29, 1.82) is 0 Å². The first kappa shape index (κ1) is 14.9. The molecule has 0 amide bonds. The molecule has 1 rings (SSSR count). The normalized spacial score (nSPS) is 17.8. The monoisotopic (exact) mass is 243 g/mol. The number of methoxy groups -OCH3 is 1. The van der Waals surface area contributed by atoms with E-state index in [2.05, 4.69) is 22.2 Å². The Kier molecular flexibility index (Phi) is 8.61. The first-order valence-electron chi connectivity index (χ1n) is 6.93. The summed E-state index contributed by atoms with van der Waals surface area (Å²) in [6.07, 6.45) is 3.78. The van der Waals surface area contributed by atoms with Gasteiger partial charge in [0, 0.05) is 46.4 Å². The lowest BCUT2D eigenvalue weighted by atomic mass is 10.2. The maximum Gasteiger partial charge on any atom is 0.0474 e. The maximum atomic E-state index is 5.06. The smallest absolute Gasteiger partial charge is 0.0474 e. The second-order valence-corrected chi connectivity index (χ2v) is 4.95. The van der Waals surface area contributed by atoms with Crippen molar-refractivity contribution in [2.24, 2.45) is 0 Å². The van der Waals surface area contributed by atoms with Crippen molar-refractivity contribution in [2.75, 3.05) is 66.6 Å². The highest BCUT2D eigenvalue weighted by molar-refractivity contribution is 4.67. The van der Waals surface area contributed by atoms with Crippen LogP contribution in [0.4, 0.5) is 0 Å². The molecule has 4 heteroatoms. The van der Waals surface area contributed by atoms with Crippen LogP contribution in [0.2, 0.25) is 0 Å². The molecule has 1 heterocycles. The summed E-state index contributed by atoms with van der Waals surface area (Å²) in [7, 11) is 3.98. The molecule has 0 saturated carbocycles. The zero-order valence-corrected chi connectivity index (χ0v) is 11.6. The largest absolute Gasteiger partial charge is 0.385 e. The first-order chi connectivity index (χ1) is 8.33. The zero-order valence-electron chi connectivity index (χ0n) is 11.6. The Balaban J connectivity index is 1.88. The fraction of sp³-hybridized carbons (Fsp3) is 1.00. The predicted octanol–water partition coefficient (Wildman–Crippen LogP) is 0.640. The van der Waals surface area contributed by atoms with Gasteiger partial charge in [0.2, 0.25) is 0 Å². The Morgan fingerprint density at radius 1 is 1.12 bits per heavy atom. The zero-order chi connectivity index (χ0) is 12.3. The molecule has 1 aliphatic rings. The van der Waals surface area contributed by atoms with Crippen molar-refractivity contribution < 1.29 is 4.74 Å². The van der Waals surface area contributed by atoms with Crippen LogP contribution in [0.3, 0.4) is 0 Å². The minimum absolute atomic E-state index is 0.880. The number of nitrogens with zero attached hydrogens (tertiary/aromatic N) is 2. The van der Waals surface area contributed by atoms with Crippen molar-refractivity contribution in [1.82, 2.24) is 15.1 Å². The Hall–Kier alpha value is -0.160. The average molecular weight is 243 g/mol. The Morgan fingerprint density at radius 2 is 1.82 bits per heavy atom. The Morgan fingerprint density at radius 3 is 2.53 bits per heavy atom. The van der Waals surface area contributed by atoms with Gasteiger partial charge in [-0.1, -0.05) is 0 Å². The van der Waals surface area contributed by atoms with Gasteiger partial charge in [-0.2, -0.15) is 0 Å². The molecule has 0 spiro atoms. The summed E-state index contributed by atoms with van der Waals surface area (Å²) in [4.78, 5) is 4.98. The van der Waals surface area contributed by atoms with E-state index < -0.39 is 0 Å². The molecule has 102 valence electrons. The molecule has 0 aliphatic carbocycles. The SMILES string of the molecule is COCCCN(C)CCCCN1CCNCC1. The summed E-state index contributed by atoms with van der Waals surface area (Å²) in [5, 5.41) is 3.39. The third kappa shape index (κ3) is 7.71.